The lowest BCUT2D eigenvalue weighted by atomic mass is 9.94. The van der Waals surface area contributed by atoms with Crippen molar-refractivity contribution in [2.75, 3.05) is 20.4 Å². The molecular weight excluding hydrogens is 286 g/mol. The fraction of sp³-hybridized carbons (Fsp3) is 0.875. The largest absolute Gasteiger partial charge is 0.464 e. The van der Waals surface area contributed by atoms with Crippen LogP contribution in [0.5, 0.6) is 0 Å². The third-order valence-corrected chi connectivity index (χ3v) is 3.08. The van der Waals surface area contributed by atoms with Crippen LogP contribution >= 0.6 is 0 Å². The maximum atomic E-state index is 12.5. The van der Waals surface area contributed by atoms with E-state index >= 15 is 0 Å². The number of carbonyl (C=O) groups is 2. The number of rotatable bonds is 8. The van der Waals surface area contributed by atoms with Gasteiger partial charge < -0.3 is 14.2 Å². The van der Waals surface area contributed by atoms with E-state index < -0.39 is 23.2 Å². The molecule has 0 saturated carbocycles. The van der Waals surface area contributed by atoms with Crippen LogP contribution in [0, 0.1) is 0 Å². The van der Waals surface area contributed by atoms with Gasteiger partial charge >= 0.3 is 12.1 Å². The van der Waals surface area contributed by atoms with Crippen molar-refractivity contribution >= 4 is 12.1 Å². The second-order valence-corrected chi connectivity index (χ2v) is 6.49. The number of hydrogen-bond donors (Lipinski definition) is 0. The van der Waals surface area contributed by atoms with Crippen molar-refractivity contribution in [3.8, 4) is 0 Å². The van der Waals surface area contributed by atoms with Gasteiger partial charge in [0.1, 0.15) is 17.9 Å². The number of methoxy groups -OCH3 is 1. The first-order valence-electron chi connectivity index (χ1n) is 7.79. The van der Waals surface area contributed by atoms with E-state index in [1.54, 1.807) is 27.7 Å². The van der Waals surface area contributed by atoms with Crippen molar-refractivity contribution in [1.29, 1.82) is 0 Å². The first kappa shape index (κ1) is 20.7. The molecule has 0 fully saturated rings. The molecule has 0 aliphatic rings. The second kappa shape index (κ2) is 8.98. The molecule has 0 aliphatic heterocycles. The molecule has 0 N–H and O–H groups in total. The lowest BCUT2D eigenvalue weighted by molar-refractivity contribution is -0.161. The highest BCUT2D eigenvalue weighted by atomic mass is 16.6. The Morgan fingerprint density at radius 3 is 2.05 bits per heavy atom. The lowest BCUT2D eigenvalue weighted by Crippen LogP contribution is -2.57. The molecule has 6 heteroatoms. The van der Waals surface area contributed by atoms with Gasteiger partial charge in [0.05, 0.1) is 6.61 Å². The third kappa shape index (κ3) is 6.22. The van der Waals surface area contributed by atoms with Gasteiger partial charge in [-0.3, -0.25) is 4.90 Å². The Bertz CT molecular complexity index is 364. The quantitative estimate of drug-likeness (QED) is 0.507. The zero-order chi connectivity index (χ0) is 17.4. The molecule has 0 radical (unpaired) electrons. The molecule has 0 aromatic carbocycles. The SMILES string of the molecule is CCCOC(=O)[C@](C)(CCC)N(COC)C(=O)OC(C)(C)C. The van der Waals surface area contributed by atoms with Gasteiger partial charge in [-0.15, -0.1) is 0 Å². The summed E-state index contributed by atoms with van der Waals surface area (Å²) in [6.07, 6.45) is 1.34. The summed E-state index contributed by atoms with van der Waals surface area (Å²) in [5, 5.41) is 0. The summed E-state index contributed by atoms with van der Waals surface area (Å²) in [5.74, 6) is -0.431. The minimum Gasteiger partial charge on any atom is -0.464 e. The normalized spacial score (nSPS) is 14.1. The van der Waals surface area contributed by atoms with Gasteiger partial charge in [-0.1, -0.05) is 20.3 Å². The maximum Gasteiger partial charge on any atom is 0.413 e. The van der Waals surface area contributed by atoms with E-state index in [0.717, 1.165) is 12.8 Å². The molecule has 0 aliphatic carbocycles. The Labute approximate surface area is 134 Å². The molecule has 0 heterocycles. The smallest absolute Gasteiger partial charge is 0.413 e. The van der Waals surface area contributed by atoms with Gasteiger partial charge in [-0.05, 0) is 40.5 Å². The van der Waals surface area contributed by atoms with Gasteiger partial charge in [0.2, 0.25) is 0 Å². The molecular formula is C16H31NO5. The third-order valence-electron chi connectivity index (χ3n) is 3.08. The number of carbonyl (C=O) groups excluding carboxylic acids is 2. The fourth-order valence-corrected chi connectivity index (χ4v) is 2.03. The van der Waals surface area contributed by atoms with Crippen molar-refractivity contribution in [3.05, 3.63) is 0 Å². The summed E-state index contributed by atoms with van der Waals surface area (Å²) in [5.41, 5.74) is -1.76. The summed E-state index contributed by atoms with van der Waals surface area (Å²) >= 11 is 0. The van der Waals surface area contributed by atoms with Crippen LogP contribution in [0.2, 0.25) is 0 Å². The van der Waals surface area contributed by atoms with Crippen molar-refractivity contribution in [2.24, 2.45) is 0 Å². The Morgan fingerprint density at radius 1 is 1.05 bits per heavy atom. The highest BCUT2D eigenvalue weighted by Crippen LogP contribution is 2.26. The first-order valence-corrected chi connectivity index (χ1v) is 7.79. The summed E-state index contributed by atoms with van der Waals surface area (Å²) < 4.78 is 15.8. The van der Waals surface area contributed by atoms with Gasteiger partial charge in [0, 0.05) is 7.11 Å². The number of amides is 1. The summed E-state index contributed by atoms with van der Waals surface area (Å²) in [6.45, 7) is 11.2. The minimum absolute atomic E-state index is 0.0351. The van der Waals surface area contributed by atoms with E-state index in [0.29, 0.717) is 13.0 Å². The molecule has 0 spiro atoms. The van der Waals surface area contributed by atoms with Crippen LogP contribution in [-0.4, -0.2) is 48.5 Å². The highest BCUT2D eigenvalue weighted by molar-refractivity contribution is 5.85. The Balaban J connectivity index is 5.40. The lowest BCUT2D eigenvalue weighted by Gasteiger charge is -2.39. The van der Waals surface area contributed by atoms with Crippen molar-refractivity contribution in [3.63, 3.8) is 0 Å². The van der Waals surface area contributed by atoms with Crippen LogP contribution in [0.3, 0.4) is 0 Å². The fourth-order valence-electron chi connectivity index (χ4n) is 2.03. The van der Waals surface area contributed by atoms with Crippen LogP contribution in [0.15, 0.2) is 0 Å². The topological polar surface area (TPSA) is 65.1 Å². The van der Waals surface area contributed by atoms with Crippen molar-refractivity contribution in [1.82, 2.24) is 4.90 Å². The molecule has 0 rings (SSSR count). The molecule has 0 unspecified atom stereocenters. The average Bonchev–Trinajstić information content (AvgIpc) is 2.40. The van der Waals surface area contributed by atoms with E-state index in [4.69, 9.17) is 14.2 Å². The van der Waals surface area contributed by atoms with E-state index in [2.05, 4.69) is 0 Å². The average molecular weight is 317 g/mol. The van der Waals surface area contributed by atoms with Gasteiger partial charge in [0.25, 0.3) is 0 Å². The van der Waals surface area contributed by atoms with Crippen molar-refractivity contribution in [2.45, 2.75) is 71.9 Å². The summed E-state index contributed by atoms with van der Waals surface area (Å²) in [4.78, 5) is 26.2. The molecule has 0 saturated heterocycles. The zero-order valence-corrected chi connectivity index (χ0v) is 15.0. The van der Waals surface area contributed by atoms with E-state index in [-0.39, 0.29) is 6.73 Å². The number of esters is 1. The number of ether oxygens (including phenoxy) is 3. The molecule has 1 atom stereocenters. The van der Waals surface area contributed by atoms with Gasteiger partial charge in [-0.25, -0.2) is 9.59 Å². The first-order chi connectivity index (χ1) is 10.1. The van der Waals surface area contributed by atoms with Crippen LogP contribution in [0.1, 0.15) is 60.8 Å². The molecule has 130 valence electrons. The Hall–Kier alpha value is -1.30. The molecule has 1 amide bonds. The van der Waals surface area contributed by atoms with Crippen LogP contribution in [0.4, 0.5) is 4.79 Å². The predicted octanol–water partition coefficient (Wildman–Crippen LogP) is 3.34. The molecule has 22 heavy (non-hydrogen) atoms. The zero-order valence-electron chi connectivity index (χ0n) is 15.0. The predicted molar refractivity (Wildman–Crippen MR) is 84.5 cm³/mol. The Morgan fingerprint density at radius 2 is 1.64 bits per heavy atom. The maximum absolute atomic E-state index is 12.5. The van der Waals surface area contributed by atoms with E-state index in [1.807, 2.05) is 13.8 Å². The molecule has 0 bridgehead atoms. The molecule has 0 aromatic heterocycles. The number of hydrogen-bond acceptors (Lipinski definition) is 5. The molecule has 6 nitrogen and oxygen atoms in total. The number of nitrogens with zero attached hydrogens (tertiary/aromatic N) is 1. The van der Waals surface area contributed by atoms with Crippen LogP contribution in [0.25, 0.3) is 0 Å². The highest BCUT2D eigenvalue weighted by Gasteiger charge is 2.44. The monoisotopic (exact) mass is 317 g/mol. The standard InChI is InChI=1S/C16H31NO5/c1-8-10-16(6,13(18)21-11-9-2)17(12-20-7)14(19)22-15(3,4)5/h8-12H2,1-7H3/t16-/m0/s1. The summed E-state index contributed by atoms with van der Waals surface area (Å²) in [7, 11) is 1.47. The van der Waals surface area contributed by atoms with Crippen LogP contribution < -0.4 is 0 Å². The Kier molecular flexibility index (Phi) is 8.45. The van der Waals surface area contributed by atoms with Gasteiger partial charge in [0.15, 0.2) is 0 Å². The van der Waals surface area contributed by atoms with E-state index in [9.17, 15) is 9.59 Å². The van der Waals surface area contributed by atoms with Gasteiger partial charge in [-0.2, -0.15) is 0 Å². The van der Waals surface area contributed by atoms with Crippen molar-refractivity contribution < 1.29 is 23.8 Å². The second-order valence-electron chi connectivity index (χ2n) is 6.49. The van der Waals surface area contributed by atoms with Crippen LogP contribution in [-0.2, 0) is 19.0 Å². The minimum atomic E-state index is -1.11. The van der Waals surface area contributed by atoms with E-state index in [1.165, 1.54) is 12.0 Å². The summed E-state index contributed by atoms with van der Waals surface area (Å²) in [6, 6.07) is 0. The molecule has 0 aromatic rings.